The van der Waals surface area contributed by atoms with E-state index in [1.54, 1.807) is 6.92 Å². The normalized spacial score (nSPS) is 13.5. The molecule has 0 aliphatic heterocycles. The minimum atomic E-state index is -0.704. The second-order valence-electron chi connectivity index (χ2n) is 8.94. The second kappa shape index (κ2) is 12.9. The fraction of sp³-hybridized carbons (Fsp3) is 0.481. The molecule has 0 saturated heterocycles. The van der Waals surface area contributed by atoms with E-state index in [1.807, 2.05) is 26.0 Å². The molecule has 190 valence electrons. The summed E-state index contributed by atoms with van der Waals surface area (Å²) in [7, 11) is 1.42. The van der Waals surface area contributed by atoms with E-state index in [9.17, 15) is 14.4 Å². The van der Waals surface area contributed by atoms with Gasteiger partial charge in [0.2, 0.25) is 6.79 Å². The van der Waals surface area contributed by atoms with Crippen LogP contribution in [-0.2, 0) is 19.1 Å². The zero-order valence-electron chi connectivity index (χ0n) is 21.5. The molecule has 0 amide bonds. The van der Waals surface area contributed by atoms with Crippen molar-refractivity contribution in [1.82, 2.24) is 4.98 Å². The van der Waals surface area contributed by atoms with Gasteiger partial charge in [0.1, 0.15) is 6.10 Å². The average molecular weight is 486 g/mol. The Morgan fingerprint density at radius 2 is 1.66 bits per heavy atom. The number of nitrogens with zero attached hydrogens (tertiary/aromatic N) is 1. The molecule has 0 fully saturated rings. The predicted molar refractivity (Wildman–Crippen MR) is 130 cm³/mol. The number of esters is 2. The fourth-order valence-electron chi connectivity index (χ4n) is 3.92. The number of hydrogen-bond acceptors (Lipinski definition) is 8. The molecule has 3 atom stereocenters. The van der Waals surface area contributed by atoms with Gasteiger partial charge in [-0.25, -0.2) is 4.98 Å². The van der Waals surface area contributed by atoms with Crippen molar-refractivity contribution >= 4 is 17.7 Å². The molecule has 2 rings (SSSR count). The van der Waals surface area contributed by atoms with Gasteiger partial charge in [0.25, 0.3) is 0 Å². The summed E-state index contributed by atoms with van der Waals surface area (Å²) in [6.45, 7) is 10.6. The Morgan fingerprint density at radius 3 is 2.23 bits per heavy atom. The van der Waals surface area contributed by atoms with Crippen LogP contribution in [0, 0.1) is 18.8 Å². The van der Waals surface area contributed by atoms with E-state index in [4.69, 9.17) is 18.9 Å². The zero-order chi connectivity index (χ0) is 26.1. The lowest BCUT2D eigenvalue weighted by Crippen LogP contribution is -2.29. The molecule has 0 saturated carbocycles. The molecule has 0 N–H and O–H groups in total. The van der Waals surface area contributed by atoms with Crippen LogP contribution in [0.2, 0.25) is 0 Å². The Hall–Kier alpha value is -3.42. The van der Waals surface area contributed by atoms with Gasteiger partial charge in [0, 0.05) is 31.5 Å². The largest absolute Gasteiger partial charge is 0.493 e. The van der Waals surface area contributed by atoms with E-state index >= 15 is 0 Å². The summed E-state index contributed by atoms with van der Waals surface area (Å²) in [5, 5.41) is 0. The second-order valence-corrected chi connectivity index (χ2v) is 8.94. The number of rotatable bonds is 12. The highest BCUT2D eigenvalue weighted by atomic mass is 16.7. The van der Waals surface area contributed by atoms with Crippen LogP contribution in [0.1, 0.15) is 68.6 Å². The van der Waals surface area contributed by atoms with E-state index in [1.165, 1.54) is 26.3 Å². The number of ketones is 1. The SMILES string of the molecule is COc1ccnc(C(=O)C[C@@H](C)C(=O)O[C@@H](C)[C@H](c2ccc(C)cc2)C(C)C)c1OCOC(C)=O. The first kappa shape index (κ1) is 27.8. The molecule has 8 nitrogen and oxygen atoms in total. The summed E-state index contributed by atoms with van der Waals surface area (Å²) in [6, 6.07) is 9.73. The topological polar surface area (TPSA) is 101 Å². The third-order valence-electron chi connectivity index (χ3n) is 5.70. The van der Waals surface area contributed by atoms with Gasteiger partial charge < -0.3 is 18.9 Å². The first-order valence-corrected chi connectivity index (χ1v) is 11.6. The molecular weight excluding hydrogens is 450 g/mol. The van der Waals surface area contributed by atoms with Gasteiger partial charge in [0.15, 0.2) is 23.0 Å². The highest BCUT2D eigenvalue weighted by Crippen LogP contribution is 2.32. The predicted octanol–water partition coefficient (Wildman–Crippen LogP) is 4.88. The van der Waals surface area contributed by atoms with Crippen LogP contribution in [-0.4, -0.2) is 42.7 Å². The van der Waals surface area contributed by atoms with E-state index in [0.29, 0.717) is 0 Å². The minimum Gasteiger partial charge on any atom is -0.493 e. The van der Waals surface area contributed by atoms with Gasteiger partial charge in [0.05, 0.1) is 13.0 Å². The number of carbonyl (C=O) groups excluding carboxylic acids is 3. The molecule has 0 aliphatic rings. The first-order chi connectivity index (χ1) is 16.5. The monoisotopic (exact) mass is 485 g/mol. The number of pyridine rings is 1. The highest BCUT2D eigenvalue weighted by molar-refractivity contribution is 5.99. The molecule has 1 heterocycles. The van der Waals surface area contributed by atoms with Crippen LogP contribution < -0.4 is 9.47 Å². The molecular formula is C27H35NO7. The van der Waals surface area contributed by atoms with Crippen molar-refractivity contribution in [3.05, 3.63) is 53.3 Å². The molecule has 35 heavy (non-hydrogen) atoms. The molecule has 1 aromatic heterocycles. The number of benzene rings is 1. The zero-order valence-corrected chi connectivity index (χ0v) is 21.5. The standard InChI is InChI=1S/C27H35NO7/c1-16(2)24(21-10-8-17(3)9-11-21)19(5)35-27(31)18(4)14-22(30)25-26(34-15-33-20(6)29)23(32-7)12-13-28-25/h8-13,16,18-19,24H,14-15H2,1-7H3/t18-,19+,24-/m1/s1. The van der Waals surface area contributed by atoms with Gasteiger partial charge >= 0.3 is 11.9 Å². The van der Waals surface area contributed by atoms with Gasteiger partial charge in [-0.3, -0.25) is 14.4 Å². The molecule has 0 bridgehead atoms. The Kier molecular flexibility index (Phi) is 10.2. The summed E-state index contributed by atoms with van der Waals surface area (Å²) in [4.78, 5) is 41.0. The summed E-state index contributed by atoms with van der Waals surface area (Å²) >= 11 is 0. The van der Waals surface area contributed by atoms with E-state index in [-0.39, 0.29) is 41.6 Å². The van der Waals surface area contributed by atoms with Gasteiger partial charge in [-0.2, -0.15) is 0 Å². The van der Waals surface area contributed by atoms with Crippen LogP contribution >= 0.6 is 0 Å². The van der Waals surface area contributed by atoms with Crippen molar-refractivity contribution in [2.24, 2.45) is 11.8 Å². The van der Waals surface area contributed by atoms with Gasteiger partial charge in [-0.15, -0.1) is 0 Å². The average Bonchev–Trinajstić information content (AvgIpc) is 2.79. The molecule has 0 unspecified atom stereocenters. The highest BCUT2D eigenvalue weighted by Gasteiger charge is 2.29. The van der Waals surface area contributed by atoms with Gasteiger partial charge in [-0.1, -0.05) is 50.6 Å². The van der Waals surface area contributed by atoms with Crippen LogP contribution in [0.4, 0.5) is 0 Å². The molecule has 0 radical (unpaired) electrons. The molecule has 0 spiro atoms. The number of methoxy groups -OCH3 is 1. The van der Waals surface area contributed by atoms with Crippen molar-refractivity contribution in [1.29, 1.82) is 0 Å². The summed E-state index contributed by atoms with van der Waals surface area (Å²) in [6.07, 6.45) is 0.900. The van der Waals surface area contributed by atoms with Crippen LogP contribution in [0.5, 0.6) is 11.5 Å². The number of aryl methyl sites for hydroxylation is 1. The maximum atomic E-state index is 13.0. The minimum absolute atomic E-state index is 0.0103. The maximum absolute atomic E-state index is 13.0. The molecule has 8 heteroatoms. The first-order valence-electron chi connectivity index (χ1n) is 11.6. The summed E-state index contributed by atoms with van der Waals surface area (Å²) < 4.78 is 21.3. The third-order valence-corrected chi connectivity index (χ3v) is 5.70. The number of Topliss-reactive ketones (excluding diaryl/α,β-unsaturated/α-hetero) is 1. The van der Waals surface area contributed by atoms with Crippen molar-refractivity contribution in [2.75, 3.05) is 13.9 Å². The molecule has 1 aromatic carbocycles. The number of carbonyl (C=O) groups is 3. The van der Waals surface area contributed by atoms with Crippen LogP contribution in [0.15, 0.2) is 36.5 Å². The lowest BCUT2D eigenvalue weighted by molar-refractivity contribution is -0.154. The van der Waals surface area contributed by atoms with E-state index in [2.05, 4.69) is 31.0 Å². The van der Waals surface area contributed by atoms with Crippen molar-refractivity contribution < 1.29 is 33.3 Å². The van der Waals surface area contributed by atoms with Crippen LogP contribution in [0.3, 0.4) is 0 Å². The Morgan fingerprint density at radius 1 is 1.00 bits per heavy atom. The van der Waals surface area contributed by atoms with E-state index < -0.39 is 30.4 Å². The van der Waals surface area contributed by atoms with Crippen molar-refractivity contribution in [3.8, 4) is 11.5 Å². The number of hydrogen-bond donors (Lipinski definition) is 0. The lowest BCUT2D eigenvalue weighted by atomic mass is 9.84. The number of aromatic nitrogens is 1. The Labute approximate surface area is 206 Å². The smallest absolute Gasteiger partial charge is 0.309 e. The third kappa shape index (κ3) is 7.80. The Bertz CT molecular complexity index is 1020. The summed E-state index contributed by atoms with van der Waals surface area (Å²) in [5.74, 6) is -1.54. The number of ether oxygens (including phenoxy) is 4. The Balaban J connectivity index is 2.11. The fourth-order valence-corrected chi connectivity index (χ4v) is 3.92. The van der Waals surface area contributed by atoms with Gasteiger partial charge in [-0.05, 0) is 25.3 Å². The summed E-state index contributed by atoms with van der Waals surface area (Å²) in [5.41, 5.74) is 2.25. The van der Waals surface area contributed by atoms with Crippen molar-refractivity contribution in [2.45, 2.75) is 60.0 Å². The van der Waals surface area contributed by atoms with Crippen molar-refractivity contribution in [3.63, 3.8) is 0 Å². The quantitative estimate of drug-likeness (QED) is 0.238. The lowest BCUT2D eigenvalue weighted by Gasteiger charge is -2.29. The molecule has 2 aromatic rings. The van der Waals surface area contributed by atoms with Crippen LogP contribution in [0.25, 0.3) is 0 Å². The molecule has 0 aliphatic carbocycles. The van der Waals surface area contributed by atoms with E-state index in [0.717, 1.165) is 11.1 Å². The maximum Gasteiger partial charge on any atom is 0.309 e.